The fraction of sp³-hybridized carbons (Fsp3) is 0.786. The molecule has 0 aromatic carbocycles. The smallest absolute Gasteiger partial charge is 0.232 e. The maximum absolute atomic E-state index is 5.87. The molecule has 0 amide bonds. The number of nitrogen functional groups attached to an aromatic ring is 1. The van der Waals surface area contributed by atoms with Crippen molar-refractivity contribution in [2.75, 3.05) is 55.8 Å². The molecular formula is C14H29N7. The molecule has 0 bridgehead atoms. The molecule has 0 saturated carbocycles. The van der Waals surface area contributed by atoms with E-state index in [1.165, 1.54) is 0 Å². The predicted octanol–water partition coefficient (Wildman–Crippen LogP) is 1.08. The van der Waals surface area contributed by atoms with Crippen LogP contribution >= 0.6 is 0 Å². The molecule has 0 aliphatic heterocycles. The van der Waals surface area contributed by atoms with Crippen molar-refractivity contribution in [1.29, 1.82) is 0 Å². The van der Waals surface area contributed by atoms with Crippen LogP contribution < -0.4 is 15.5 Å². The Labute approximate surface area is 128 Å². The highest BCUT2D eigenvalue weighted by Crippen LogP contribution is 2.17. The Morgan fingerprint density at radius 1 is 0.952 bits per heavy atom. The summed E-state index contributed by atoms with van der Waals surface area (Å²) in [6, 6.07) is 0.302. The number of likely N-dealkylation sites (N-methyl/N-ethyl adjacent to an activating group) is 2. The van der Waals surface area contributed by atoms with Gasteiger partial charge >= 0.3 is 0 Å². The van der Waals surface area contributed by atoms with Crippen LogP contribution in [0.1, 0.15) is 27.7 Å². The van der Waals surface area contributed by atoms with Crippen molar-refractivity contribution in [3.05, 3.63) is 0 Å². The highest BCUT2D eigenvalue weighted by atomic mass is 15.4. The van der Waals surface area contributed by atoms with E-state index in [4.69, 9.17) is 5.73 Å². The van der Waals surface area contributed by atoms with E-state index in [9.17, 15) is 0 Å². The van der Waals surface area contributed by atoms with Gasteiger partial charge < -0.3 is 20.4 Å². The van der Waals surface area contributed by atoms with E-state index in [-0.39, 0.29) is 5.95 Å². The van der Waals surface area contributed by atoms with Crippen molar-refractivity contribution < 1.29 is 0 Å². The molecule has 0 aliphatic rings. The Bertz CT molecular complexity index is 431. The van der Waals surface area contributed by atoms with Gasteiger partial charge in [0.15, 0.2) is 0 Å². The molecule has 2 N–H and O–H groups in total. The van der Waals surface area contributed by atoms with E-state index in [1.807, 2.05) is 0 Å². The number of hydrogen-bond acceptors (Lipinski definition) is 7. The zero-order valence-corrected chi connectivity index (χ0v) is 14.2. The lowest BCUT2D eigenvalue weighted by molar-refractivity contribution is 0.371. The lowest BCUT2D eigenvalue weighted by Crippen LogP contribution is -2.41. The van der Waals surface area contributed by atoms with Gasteiger partial charge in [0, 0.05) is 32.2 Å². The van der Waals surface area contributed by atoms with Crippen LogP contribution in [-0.2, 0) is 0 Å². The summed E-state index contributed by atoms with van der Waals surface area (Å²) < 4.78 is 0. The summed E-state index contributed by atoms with van der Waals surface area (Å²) >= 11 is 0. The Kier molecular flexibility index (Phi) is 6.61. The van der Waals surface area contributed by atoms with Crippen LogP contribution in [0, 0.1) is 0 Å². The maximum Gasteiger partial charge on any atom is 0.232 e. The van der Waals surface area contributed by atoms with Gasteiger partial charge in [-0.2, -0.15) is 15.0 Å². The van der Waals surface area contributed by atoms with Crippen molar-refractivity contribution in [3.8, 4) is 0 Å². The summed E-state index contributed by atoms with van der Waals surface area (Å²) in [4.78, 5) is 19.6. The third kappa shape index (κ3) is 4.70. The van der Waals surface area contributed by atoms with Crippen LogP contribution in [0.5, 0.6) is 0 Å². The lowest BCUT2D eigenvalue weighted by Gasteiger charge is -2.30. The standard InChI is InChI=1S/C14H29N7/c1-7-20(8-2)13-16-12(15)17-14(18-13)21(9-3)11(4)10-19(5)6/h11H,7-10H2,1-6H3,(H2,15,16,17,18). The van der Waals surface area contributed by atoms with Crippen molar-refractivity contribution in [2.45, 2.75) is 33.7 Å². The van der Waals surface area contributed by atoms with Gasteiger partial charge in [0.2, 0.25) is 17.8 Å². The van der Waals surface area contributed by atoms with Gasteiger partial charge in [-0.05, 0) is 41.8 Å². The second-order valence-corrected chi connectivity index (χ2v) is 5.36. The van der Waals surface area contributed by atoms with Crippen molar-refractivity contribution in [1.82, 2.24) is 19.9 Å². The Morgan fingerprint density at radius 2 is 1.52 bits per heavy atom. The summed E-state index contributed by atoms with van der Waals surface area (Å²) in [5.74, 6) is 1.58. The fourth-order valence-corrected chi connectivity index (χ4v) is 2.42. The maximum atomic E-state index is 5.87. The van der Waals surface area contributed by atoms with Crippen LogP contribution in [0.25, 0.3) is 0 Å². The van der Waals surface area contributed by atoms with E-state index in [1.54, 1.807) is 0 Å². The first kappa shape index (κ1) is 17.4. The molecule has 21 heavy (non-hydrogen) atoms. The van der Waals surface area contributed by atoms with Gasteiger partial charge in [0.05, 0.1) is 0 Å². The topological polar surface area (TPSA) is 74.4 Å². The molecule has 1 rings (SSSR count). The molecule has 1 aromatic heterocycles. The van der Waals surface area contributed by atoms with E-state index >= 15 is 0 Å². The number of anilines is 3. The first-order valence-electron chi connectivity index (χ1n) is 7.60. The average molecular weight is 295 g/mol. The third-order valence-corrected chi connectivity index (χ3v) is 3.43. The minimum absolute atomic E-state index is 0.275. The zero-order valence-electron chi connectivity index (χ0n) is 14.2. The quantitative estimate of drug-likeness (QED) is 0.769. The second kappa shape index (κ2) is 7.97. The number of aromatic nitrogens is 3. The third-order valence-electron chi connectivity index (χ3n) is 3.43. The van der Waals surface area contributed by atoms with Gasteiger partial charge in [-0.1, -0.05) is 0 Å². The highest BCUT2D eigenvalue weighted by Gasteiger charge is 2.19. The number of nitrogens with zero attached hydrogens (tertiary/aromatic N) is 6. The Balaban J connectivity index is 3.09. The van der Waals surface area contributed by atoms with E-state index in [0.717, 1.165) is 26.2 Å². The SMILES string of the molecule is CCN(CC)c1nc(N)nc(N(CC)C(C)CN(C)C)n1. The highest BCUT2D eigenvalue weighted by molar-refractivity contribution is 5.44. The first-order valence-corrected chi connectivity index (χ1v) is 7.60. The zero-order chi connectivity index (χ0) is 16.0. The molecule has 120 valence electrons. The van der Waals surface area contributed by atoms with Crippen LogP contribution in [-0.4, -0.2) is 66.2 Å². The van der Waals surface area contributed by atoms with Crippen LogP contribution in [0.2, 0.25) is 0 Å². The molecule has 0 spiro atoms. The normalized spacial score (nSPS) is 12.5. The summed E-state index contributed by atoms with van der Waals surface area (Å²) in [6.07, 6.45) is 0. The van der Waals surface area contributed by atoms with E-state index in [0.29, 0.717) is 17.9 Å². The van der Waals surface area contributed by atoms with Gasteiger partial charge in [0.1, 0.15) is 0 Å². The predicted molar refractivity (Wildman–Crippen MR) is 88.8 cm³/mol. The molecule has 0 aliphatic carbocycles. The number of hydrogen-bond donors (Lipinski definition) is 1. The molecule has 7 nitrogen and oxygen atoms in total. The average Bonchev–Trinajstić information content (AvgIpc) is 2.39. The van der Waals surface area contributed by atoms with Gasteiger partial charge in [-0.15, -0.1) is 0 Å². The number of rotatable bonds is 8. The Morgan fingerprint density at radius 3 is 2.00 bits per heavy atom. The molecule has 1 atom stereocenters. The van der Waals surface area contributed by atoms with Crippen LogP contribution in [0.4, 0.5) is 17.8 Å². The summed E-state index contributed by atoms with van der Waals surface area (Å²) in [6.45, 7) is 11.9. The van der Waals surface area contributed by atoms with Crippen molar-refractivity contribution >= 4 is 17.8 Å². The summed E-state index contributed by atoms with van der Waals surface area (Å²) in [5, 5.41) is 0. The molecule has 1 unspecified atom stereocenters. The summed E-state index contributed by atoms with van der Waals surface area (Å²) in [7, 11) is 4.13. The minimum Gasteiger partial charge on any atom is -0.368 e. The molecule has 1 heterocycles. The van der Waals surface area contributed by atoms with Gasteiger partial charge in [0.25, 0.3) is 0 Å². The fourth-order valence-electron chi connectivity index (χ4n) is 2.42. The van der Waals surface area contributed by atoms with Crippen LogP contribution in [0.3, 0.4) is 0 Å². The van der Waals surface area contributed by atoms with E-state index < -0.39 is 0 Å². The number of nitrogens with two attached hydrogens (primary N) is 1. The van der Waals surface area contributed by atoms with Gasteiger partial charge in [-0.25, -0.2) is 0 Å². The van der Waals surface area contributed by atoms with Crippen LogP contribution in [0.15, 0.2) is 0 Å². The second-order valence-electron chi connectivity index (χ2n) is 5.36. The van der Waals surface area contributed by atoms with Crippen molar-refractivity contribution in [2.24, 2.45) is 0 Å². The molecular weight excluding hydrogens is 266 g/mol. The Hall–Kier alpha value is -1.63. The lowest BCUT2D eigenvalue weighted by atomic mass is 10.3. The monoisotopic (exact) mass is 295 g/mol. The van der Waals surface area contributed by atoms with E-state index in [2.05, 4.69) is 71.4 Å². The molecule has 0 saturated heterocycles. The summed E-state index contributed by atoms with van der Waals surface area (Å²) in [5.41, 5.74) is 5.87. The van der Waals surface area contributed by atoms with Gasteiger partial charge in [-0.3, -0.25) is 0 Å². The van der Waals surface area contributed by atoms with Crippen molar-refractivity contribution in [3.63, 3.8) is 0 Å². The first-order chi connectivity index (χ1) is 9.92. The minimum atomic E-state index is 0.275. The largest absolute Gasteiger partial charge is 0.368 e. The molecule has 0 fully saturated rings. The molecule has 0 radical (unpaired) electrons. The molecule has 1 aromatic rings. The molecule has 7 heteroatoms.